The molecule has 3 aromatic carbocycles. The molecule has 1 atom stereocenters. The molecular formula is C23H19F3N2O2. The van der Waals surface area contributed by atoms with Gasteiger partial charge in [-0.2, -0.15) is 13.2 Å². The van der Waals surface area contributed by atoms with E-state index in [2.05, 4.69) is 10.6 Å². The first-order valence-electron chi connectivity index (χ1n) is 9.19. The van der Waals surface area contributed by atoms with E-state index in [-0.39, 0.29) is 6.54 Å². The van der Waals surface area contributed by atoms with Crippen molar-refractivity contribution >= 4 is 11.8 Å². The molecule has 4 nitrogen and oxygen atoms in total. The van der Waals surface area contributed by atoms with Crippen LogP contribution < -0.4 is 10.6 Å². The highest BCUT2D eigenvalue weighted by atomic mass is 19.4. The SMILES string of the molecule is O=C(CNC(=O)c1ccccc1)NC(c1ccccc1)c1cccc(C(F)(F)F)c1. The Labute approximate surface area is 171 Å². The predicted molar refractivity (Wildman–Crippen MR) is 107 cm³/mol. The fourth-order valence-corrected chi connectivity index (χ4v) is 2.96. The summed E-state index contributed by atoms with van der Waals surface area (Å²) in [6.07, 6.45) is -4.50. The fourth-order valence-electron chi connectivity index (χ4n) is 2.96. The van der Waals surface area contributed by atoms with Gasteiger partial charge in [-0.25, -0.2) is 0 Å². The number of amides is 2. The van der Waals surface area contributed by atoms with Crippen molar-refractivity contribution in [1.82, 2.24) is 10.6 Å². The summed E-state index contributed by atoms with van der Waals surface area (Å²) in [5.74, 6) is -0.938. The Balaban J connectivity index is 1.77. The molecule has 0 spiro atoms. The summed E-state index contributed by atoms with van der Waals surface area (Å²) in [5.41, 5.74) is 0.522. The number of benzene rings is 3. The van der Waals surface area contributed by atoms with Crippen molar-refractivity contribution in [2.75, 3.05) is 6.54 Å². The molecule has 0 radical (unpaired) electrons. The second kappa shape index (κ2) is 9.26. The van der Waals surface area contributed by atoms with Crippen LogP contribution in [0.15, 0.2) is 84.9 Å². The highest BCUT2D eigenvalue weighted by molar-refractivity contribution is 5.96. The maximum absolute atomic E-state index is 13.1. The van der Waals surface area contributed by atoms with Crippen LogP contribution in [0.2, 0.25) is 0 Å². The minimum atomic E-state index is -4.50. The molecule has 0 heterocycles. The summed E-state index contributed by atoms with van der Waals surface area (Å²) in [6, 6.07) is 21.1. The van der Waals surface area contributed by atoms with E-state index < -0.39 is 29.6 Å². The summed E-state index contributed by atoms with van der Waals surface area (Å²) in [7, 11) is 0. The first kappa shape index (κ1) is 21.1. The Morgan fingerprint density at radius 1 is 0.800 bits per heavy atom. The van der Waals surface area contributed by atoms with Crippen LogP contribution in [0.4, 0.5) is 13.2 Å². The number of carbonyl (C=O) groups is 2. The second-order valence-corrected chi connectivity index (χ2v) is 6.58. The first-order valence-corrected chi connectivity index (χ1v) is 9.19. The largest absolute Gasteiger partial charge is 0.416 e. The molecule has 0 saturated carbocycles. The zero-order chi connectivity index (χ0) is 21.6. The summed E-state index contributed by atoms with van der Waals surface area (Å²) in [6.45, 7) is -0.310. The fraction of sp³-hybridized carbons (Fsp3) is 0.130. The van der Waals surface area contributed by atoms with Crippen molar-refractivity contribution in [2.24, 2.45) is 0 Å². The van der Waals surface area contributed by atoms with Gasteiger partial charge in [-0.05, 0) is 35.4 Å². The summed E-state index contributed by atoms with van der Waals surface area (Å²) in [5, 5.41) is 5.23. The van der Waals surface area contributed by atoms with Crippen molar-refractivity contribution in [3.63, 3.8) is 0 Å². The van der Waals surface area contributed by atoms with E-state index in [4.69, 9.17) is 0 Å². The van der Waals surface area contributed by atoms with E-state index in [1.54, 1.807) is 60.7 Å². The van der Waals surface area contributed by atoms with Crippen LogP contribution in [-0.2, 0) is 11.0 Å². The van der Waals surface area contributed by atoms with E-state index in [1.165, 1.54) is 12.1 Å². The van der Waals surface area contributed by atoms with Gasteiger partial charge in [-0.15, -0.1) is 0 Å². The van der Waals surface area contributed by atoms with E-state index in [9.17, 15) is 22.8 Å². The first-order chi connectivity index (χ1) is 14.3. The lowest BCUT2D eigenvalue weighted by Gasteiger charge is -2.21. The smallest absolute Gasteiger partial charge is 0.344 e. The van der Waals surface area contributed by atoms with Crippen LogP contribution in [-0.4, -0.2) is 18.4 Å². The van der Waals surface area contributed by atoms with Crippen molar-refractivity contribution in [3.8, 4) is 0 Å². The lowest BCUT2D eigenvalue weighted by Crippen LogP contribution is -2.39. The molecule has 1 unspecified atom stereocenters. The average Bonchev–Trinajstić information content (AvgIpc) is 2.76. The molecule has 3 rings (SSSR count). The molecule has 0 bridgehead atoms. The molecule has 2 amide bonds. The number of rotatable bonds is 6. The third-order valence-electron chi connectivity index (χ3n) is 4.43. The molecule has 0 fully saturated rings. The highest BCUT2D eigenvalue weighted by Crippen LogP contribution is 2.32. The highest BCUT2D eigenvalue weighted by Gasteiger charge is 2.31. The zero-order valence-electron chi connectivity index (χ0n) is 15.8. The summed E-state index contributed by atoms with van der Waals surface area (Å²) in [4.78, 5) is 24.6. The van der Waals surface area contributed by atoms with E-state index in [0.717, 1.165) is 12.1 Å². The molecule has 3 aromatic rings. The van der Waals surface area contributed by atoms with Gasteiger partial charge in [0.1, 0.15) is 0 Å². The Morgan fingerprint density at radius 2 is 1.40 bits per heavy atom. The maximum Gasteiger partial charge on any atom is 0.416 e. The Kier molecular flexibility index (Phi) is 6.51. The van der Waals surface area contributed by atoms with Crippen LogP contribution in [0.25, 0.3) is 0 Å². The quantitative estimate of drug-likeness (QED) is 0.633. The van der Waals surface area contributed by atoms with Gasteiger partial charge >= 0.3 is 6.18 Å². The normalized spacial score (nSPS) is 12.1. The van der Waals surface area contributed by atoms with Crippen molar-refractivity contribution < 1.29 is 22.8 Å². The van der Waals surface area contributed by atoms with Gasteiger partial charge in [0.25, 0.3) is 5.91 Å². The average molecular weight is 412 g/mol. The third kappa shape index (κ3) is 5.47. The topological polar surface area (TPSA) is 58.2 Å². The Morgan fingerprint density at radius 3 is 2.03 bits per heavy atom. The van der Waals surface area contributed by atoms with E-state index in [1.807, 2.05) is 0 Å². The van der Waals surface area contributed by atoms with Crippen molar-refractivity contribution in [1.29, 1.82) is 0 Å². The van der Waals surface area contributed by atoms with Gasteiger partial charge in [0.15, 0.2) is 0 Å². The van der Waals surface area contributed by atoms with Gasteiger partial charge in [0.05, 0.1) is 18.2 Å². The minimum absolute atomic E-state index is 0.291. The molecular weight excluding hydrogens is 393 g/mol. The lowest BCUT2D eigenvalue weighted by atomic mass is 9.97. The van der Waals surface area contributed by atoms with E-state index >= 15 is 0 Å². The second-order valence-electron chi connectivity index (χ2n) is 6.58. The van der Waals surface area contributed by atoms with Gasteiger partial charge in [-0.1, -0.05) is 60.7 Å². The van der Waals surface area contributed by atoms with Crippen LogP contribution in [0.5, 0.6) is 0 Å². The molecule has 154 valence electrons. The number of halogens is 3. The molecule has 30 heavy (non-hydrogen) atoms. The number of alkyl halides is 3. The Bertz CT molecular complexity index is 1010. The summed E-state index contributed by atoms with van der Waals surface area (Å²) < 4.78 is 39.4. The molecule has 2 N–H and O–H groups in total. The number of carbonyl (C=O) groups excluding carboxylic acids is 2. The van der Waals surface area contributed by atoms with Crippen molar-refractivity contribution in [3.05, 3.63) is 107 Å². The monoisotopic (exact) mass is 412 g/mol. The number of hydrogen-bond acceptors (Lipinski definition) is 2. The molecule has 0 aliphatic rings. The van der Waals surface area contributed by atoms with Gasteiger partial charge in [0, 0.05) is 5.56 Å². The van der Waals surface area contributed by atoms with Crippen LogP contribution in [0.3, 0.4) is 0 Å². The number of hydrogen-bond donors (Lipinski definition) is 2. The predicted octanol–water partition coefficient (Wildman–Crippen LogP) is 4.34. The van der Waals surface area contributed by atoms with Gasteiger partial charge < -0.3 is 10.6 Å². The van der Waals surface area contributed by atoms with Gasteiger partial charge in [0.2, 0.25) is 5.91 Å². The lowest BCUT2D eigenvalue weighted by molar-refractivity contribution is -0.137. The molecule has 7 heteroatoms. The van der Waals surface area contributed by atoms with Crippen LogP contribution >= 0.6 is 0 Å². The van der Waals surface area contributed by atoms with E-state index in [0.29, 0.717) is 16.7 Å². The molecule has 0 aromatic heterocycles. The standard InChI is InChI=1S/C23H19F3N2O2/c24-23(25,26)19-13-7-12-18(14-19)21(16-8-3-1-4-9-16)28-20(29)15-27-22(30)17-10-5-2-6-11-17/h1-14,21H,15H2,(H,27,30)(H,28,29). The van der Waals surface area contributed by atoms with Gasteiger partial charge in [-0.3, -0.25) is 9.59 Å². The summed E-state index contributed by atoms with van der Waals surface area (Å²) >= 11 is 0. The molecule has 0 saturated heterocycles. The third-order valence-corrected chi connectivity index (χ3v) is 4.43. The van der Waals surface area contributed by atoms with Crippen LogP contribution in [0.1, 0.15) is 33.1 Å². The van der Waals surface area contributed by atoms with Crippen LogP contribution in [0, 0.1) is 0 Å². The maximum atomic E-state index is 13.1. The van der Waals surface area contributed by atoms with Crippen molar-refractivity contribution in [2.45, 2.75) is 12.2 Å². The molecule has 0 aliphatic heterocycles. The molecule has 0 aliphatic carbocycles. The Hall–Kier alpha value is -3.61. The number of nitrogens with one attached hydrogen (secondary N) is 2. The zero-order valence-corrected chi connectivity index (χ0v) is 15.8. The minimum Gasteiger partial charge on any atom is -0.344 e.